The van der Waals surface area contributed by atoms with Crippen LogP contribution >= 0.6 is 11.8 Å². The van der Waals surface area contributed by atoms with Gasteiger partial charge >= 0.3 is 0 Å². The van der Waals surface area contributed by atoms with E-state index in [9.17, 15) is 19.3 Å². The number of thioether (sulfide) groups is 1. The zero-order valence-electron chi connectivity index (χ0n) is 19.6. The highest BCUT2D eigenvalue weighted by Crippen LogP contribution is 2.27. The van der Waals surface area contributed by atoms with Crippen molar-refractivity contribution in [3.05, 3.63) is 64.5 Å². The molecule has 0 atom stereocenters. The van der Waals surface area contributed by atoms with E-state index in [1.54, 1.807) is 30.3 Å². The van der Waals surface area contributed by atoms with Gasteiger partial charge in [0.15, 0.2) is 11.0 Å². The van der Waals surface area contributed by atoms with Gasteiger partial charge < -0.3 is 14.4 Å². The van der Waals surface area contributed by atoms with E-state index in [0.717, 1.165) is 5.69 Å². The highest BCUT2D eigenvalue weighted by Gasteiger charge is 2.24. The van der Waals surface area contributed by atoms with E-state index in [2.05, 4.69) is 28.9 Å². The molecule has 0 saturated carbocycles. The highest BCUT2D eigenvalue weighted by molar-refractivity contribution is 7.99. The summed E-state index contributed by atoms with van der Waals surface area (Å²) < 4.78 is 16.3. The van der Waals surface area contributed by atoms with Gasteiger partial charge in [0.05, 0.1) is 16.2 Å². The van der Waals surface area contributed by atoms with Crippen molar-refractivity contribution in [1.29, 1.82) is 0 Å². The van der Waals surface area contributed by atoms with Crippen molar-refractivity contribution in [2.45, 2.75) is 25.5 Å². The van der Waals surface area contributed by atoms with Crippen LogP contribution in [0.3, 0.4) is 0 Å². The number of piperazine rings is 1. The van der Waals surface area contributed by atoms with Crippen LogP contribution < -0.4 is 4.90 Å². The summed E-state index contributed by atoms with van der Waals surface area (Å²) in [5.74, 6) is 0.612. The number of nitro groups is 1. The first-order valence-corrected chi connectivity index (χ1v) is 12.4. The Labute approximate surface area is 207 Å². The van der Waals surface area contributed by atoms with Crippen LogP contribution in [0.5, 0.6) is 0 Å². The van der Waals surface area contributed by atoms with Crippen molar-refractivity contribution in [1.82, 2.24) is 19.7 Å². The van der Waals surface area contributed by atoms with E-state index in [4.69, 9.17) is 0 Å². The molecule has 1 aliphatic heterocycles. The van der Waals surface area contributed by atoms with Gasteiger partial charge in [-0.1, -0.05) is 37.7 Å². The average molecular weight is 499 g/mol. The van der Waals surface area contributed by atoms with Gasteiger partial charge in [-0.2, -0.15) is 0 Å². The second-order valence-electron chi connectivity index (χ2n) is 8.72. The van der Waals surface area contributed by atoms with Gasteiger partial charge in [0.2, 0.25) is 5.91 Å². The third kappa shape index (κ3) is 5.79. The molecule has 2 heterocycles. The quantitative estimate of drug-likeness (QED) is 0.262. The standard InChI is InChI=1S/C24H27FN6O3S/c1-17(2)15-30-23(20-5-3-4-6-21(20)25)26-27-24(30)35-16-22(32)29-13-11-28(12-14-29)18-7-9-19(10-8-18)31(33)34/h3-10,17H,11-16H2,1-2H3. The lowest BCUT2D eigenvalue weighted by atomic mass is 10.2. The summed E-state index contributed by atoms with van der Waals surface area (Å²) in [6.45, 7) is 7.17. The van der Waals surface area contributed by atoms with Crippen LogP contribution in [0.2, 0.25) is 0 Å². The third-order valence-corrected chi connectivity index (χ3v) is 6.71. The van der Waals surface area contributed by atoms with Gasteiger partial charge in [-0.3, -0.25) is 14.9 Å². The first-order chi connectivity index (χ1) is 16.8. The van der Waals surface area contributed by atoms with Gasteiger partial charge in [-0.25, -0.2) is 4.39 Å². The Kier molecular flexibility index (Phi) is 7.64. The molecule has 184 valence electrons. The Morgan fingerprint density at radius 2 is 1.77 bits per heavy atom. The van der Waals surface area contributed by atoms with Crippen molar-refractivity contribution in [2.24, 2.45) is 5.92 Å². The van der Waals surface area contributed by atoms with Crippen LogP contribution in [0, 0.1) is 21.8 Å². The molecule has 0 unspecified atom stereocenters. The van der Waals surface area contributed by atoms with Crippen LogP contribution in [0.15, 0.2) is 53.7 Å². The number of hydrogen-bond donors (Lipinski definition) is 0. The second-order valence-corrected chi connectivity index (χ2v) is 9.66. The van der Waals surface area contributed by atoms with E-state index < -0.39 is 4.92 Å². The minimum Gasteiger partial charge on any atom is -0.368 e. The molecular weight excluding hydrogens is 471 g/mol. The molecule has 11 heteroatoms. The number of aromatic nitrogens is 3. The first-order valence-electron chi connectivity index (χ1n) is 11.4. The molecule has 1 amide bonds. The Morgan fingerprint density at radius 3 is 2.40 bits per heavy atom. The number of nitro benzene ring substituents is 1. The molecule has 0 bridgehead atoms. The minimum atomic E-state index is -0.417. The van der Waals surface area contributed by atoms with Gasteiger partial charge in [-0.15, -0.1) is 10.2 Å². The largest absolute Gasteiger partial charge is 0.368 e. The number of nitrogens with zero attached hydrogens (tertiary/aromatic N) is 6. The summed E-state index contributed by atoms with van der Waals surface area (Å²) >= 11 is 1.31. The smallest absolute Gasteiger partial charge is 0.269 e. The summed E-state index contributed by atoms with van der Waals surface area (Å²) in [4.78, 5) is 27.3. The monoisotopic (exact) mass is 498 g/mol. The predicted molar refractivity (Wildman–Crippen MR) is 133 cm³/mol. The number of non-ortho nitro benzene ring substituents is 1. The number of halogens is 1. The Hall–Kier alpha value is -3.47. The molecule has 3 aromatic rings. The molecule has 4 rings (SSSR count). The Balaban J connectivity index is 1.37. The molecule has 0 radical (unpaired) electrons. The highest BCUT2D eigenvalue weighted by atomic mass is 32.2. The summed E-state index contributed by atoms with van der Waals surface area (Å²) in [7, 11) is 0. The van der Waals surface area contributed by atoms with Crippen LogP contribution in [0.25, 0.3) is 11.4 Å². The van der Waals surface area contributed by atoms with Crippen LogP contribution in [-0.2, 0) is 11.3 Å². The van der Waals surface area contributed by atoms with Crippen molar-refractivity contribution < 1.29 is 14.1 Å². The van der Waals surface area contributed by atoms with E-state index >= 15 is 0 Å². The average Bonchev–Trinajstić information content (AvgIpc) is 3.24. The third-order valence-electron chi connectivity index (χ3n) is 5.76. The molecule has 35 heavy (non-hydrogen) atoms. The zero-order valence-corrected chi connectivity index (χ0v) is 20.4. The number of hydrogen-bond acceptors (Lipinski definition) is 7. The molecule has 0 aliphatic carbocycles. The van der Waals surface area contributed by atoms with E-state index in [1.807, 2.05) is 9.47 Å². The Morgan fingerprint density at radius 1 is 1.09 bits per heavy atom. The lowest BCUT2D eigenvalue weighted by Crippen LogP contribution is -2.49. The van der Waals surface area contributed by atoms with E-state index in [-0.39, 0.29) is 23.2 Å². The molecule has 0 spiro atoms. The van der Waals surface area contributed by atoms with Crippen molar-refractivity contribution in [2.75, 3.05) is 36.8 Å². The molecule has 1 fully saturated rings. The first kappa shape index (κ1) is 24.6. The van der Waals surface area contributed by atoms with Gasteiger partial charge in [-0.05, 0) is 30.2 Å². The van der Waals surface area contributed by atoms with Crippen molar-refractivity contribution >= 4 is 29.0 Å². The van der Waals surface area contributed by atoms with Crippen LogP contribution in [-0.4, -0.2) is 62.4 Å². The molecular formula is C24H27FN6O3S. The molecule has 1 aliphatic rings. The van der Waals surface area contributed by atoms with Gasteiger partial charge in [0.1, 0.15) is 5.82 Å². The second kappa shape index (κ2) is 10.9. The fourth-order valence-electron chi connectivity index (χ4n) is 3.98. The number of rotatable bonds is 8. The number of benzene rings is 2. The normalized spacial score (nSPS) is 13.9. The number of anilines is 1. The summed E-state index contributed by atoms with van der Waals surface area (Å²) in [5, 5.41) is 19.9. The van der Waals surface area contributed by atoms with E-state index in [1.165, 1.54) is 30.0 Å². The van der Waals surface area contributed by atoms with E-state index in [0.29, 0.717) is 55.2 Å². The zero-order chi connectivity index (χ0) is 24.9. The summed E-state index contributed by atoms with van der Waals surface area (Å²) in [6.07, 6.45) is 0. The molecule has 0 N–H and O–H groups in total. The topological polar surface area (TPSA) is 97.4 Å². The molecule has 1 saturated heterocycles. The number of carbonyl (C=O) groups excluding carboxylic acids is 1. The maximum absolute atomic E-state index is 14.4. The molecule has 1 aromatic heterocycles. The van der Waals surface area contributed by atoms with Crippen LogP contribution in [0.1, 0.15) is 13.8 Å². The van der Waals surface area contributed by atoms with Crippen molar-refractivity contribution in [3.63, 3.8) is 0 Å². The number of amides is 1. The summed E-state index contributed by atoms with van der Waals surface area (Å²) in [6, 6.07) is 12.9. The molecule has 9 nitrogen and oxygen atoms in total. The maximum Gasteiger partial charge on any atom is 0.269 e. The lowest BCUT2D eigenvalue weighted by molar-refractivity contribution is -0.384. The summed E-state index contributed by atoms with van der Waals surface area (Å²) in [5.41, 5.74) is 1.35. The maximum atomic E-state index is 14.4. The van der Waals surface area contributed by atoms with Gasteiger partial charge in [0.25, 0.3) is 5.69 Å². The fraction of sp³-hybridized carbons (Fsp3) is 0.375. The lowest BCUT2D eigenvalue weighted by Gasteiger charge is -2.36. The van der Waals surface area contributed by atoms with Gasteiger partial charge in [0, 0.05) is 50.5 Å². The van der Waals surface area contributed by atoms with Crippen LogP contribution in [0.4, 0.5) is 15.8 Å². The molecule has 2 aromatic carbocycles. The minimum absolute atomic E-state index is 0.00453. The fourth-order valence-corrected chi connectivity index (χ4v) is 4.83. The predicted octanol–water partition coefficient (Wildman–Crippen LogP) is 4.09. The Bertz CT molecular complexity index is 1190. The SMILES string of the molecule is CC(C)Cn1c(SCC(=O)N2CCN(c3ccc([N+](=O)[O-])cc3)CC2)nnc1-c1ccccc1F. The number of carbonyl (C=O) groups is 1. The van der Waals surface area contributed by atoms with Crippen molar-refractivity contribution in [3.8, 4) is 11.4 Å².